The van der Waals surface area contributed by atoms with E-state index in [-0.39, 0.29) is 5.82 Å². The van der Waals surface area contributed by atoms with Crippen LogP contribution < -0.4 is 0 Å². The Hall–Kier alpha value is -1.79. The van der Waals surface area contributed by atoms with Crippen molar-refractivity contribution in [2.75, 3.05) is 26.2 Å². The molecule has 0 spiro atoms. The number of pyridine rings is 1. The van der Waals surface area contributed by atoms with E-state index in [1.54, 1.807) is 12.3 Å². The molecule has 0 radical (unpaired) electrons. The molecule has 0 N–H and O–H groups in total. The monoisotopic (exact) mass is 316 g/mol. The zero-order chi connectivity index (χ0) is 15.6. The van der Waals surface area contributed by atoms with Gasteiger partial charge in [-0.3, -0.25) is 14.8 Å². The van der Waals surface area contributed by atoms with Crippen LogP contribution in [0.4, 0.5) is 4.39 Å². The summed E-state index contributed by atoms with van der Waals surface area (Å²) in [4.78, 5) is 8.76. The third-order valence-corrected chi connectivity index (χ3v) is 4.62. The fourth-order valence-electron chi connectivity index (χ4n) is 3.04. The van der Waals surface area contributed by atoms with E-state index < -0.39 is 0 Å². The second kappa shape index (κ2) is 6.37. The second-order valence-corrected chi connectivity index (χ2v) is 6.48. The number of halogens is 1. The largest absolute Gasteiger partial charge is 0.361 e. The lowest BCUT2D eigenvalue weighted by atomic mass is 10.2. The molecule has 6 heteroatoms. The van der Waals surface area contributed by atoms with Gasteiger partial charge in [0, 0.05) is 57.4 Å². The average Bonchev–Trinajstić information content (AvgIpc) is 3.32. The zero-order valence-corrected chi connectivity index (χ0v) is 13.1. The average molecular weight is 316 g/mol. The first-order valence-corrected chi connectivity index (χ1v) is 8.27. The SMILES string of the molecule is Fc1cccnc1CN1CCN(Cc2cc(C3CC3)on2)CC1. The third-order valence-electron chi connectivity index (χ3n) is 4.62. The van der Waals surface area contributed by atoms with Gasteiger partial charge >= 0.3 is 0 Å². The van der Waals surface area contributed by atoms with Crippen molar-refractivity contribution in [2.24, 2.45) is 0 Å². The van der Waals surface area contributed by atoms with Crippen LogP contribution in [0.25, 0.3) is 0 Å². The van der Waals surface area contributed by atoms with Gasteiger partial charge in [-0.25, -0.2) is 4.39 Å². The molecule has 0 aromatic carbocycles. The van der Waals surface area contributed by atoms with E-state index >= 15 is 0 Å². The van der Waals surface area contributed by atoms with E-state index in [1.165, 1.54) is 18.9 Å². The molecule has 1 saturated heterocycles. The van der Waals surface area contributed by atoms with Gasteiger partial charge in [0.1, 0.15) is 11.6 Å². The van der Waals surface area contributed by atoms with Gasteiger partial charge in [0.05, 0.1) is 11.4 Å². The Balaban J connectivity index is 1.27. The minimum atomic E-state index is -0.217. The number of hydrogen-bond donors (Lipinski definition) is 0. The molecule has 5 nitrogen and oxygen atoms in total. The van der Waals surface area contributed by atoms with Gasteiger partial charge in [-0.2, -0.15) is 0 Å². The lowest BCUT2D eigenvalue weighted by molar-refractivity contribution is 0.118. The molecule has 0 bridgehead atoms. The lowest BCUT2D eigenvalue weighted by Crippen LogP contribution is -2.45. The molecule has 1 aliphatic heterocycles. The summed E-state index contributed by atoms with van der Waals surface area (Å²) in [6.45, 7) is 5.17. The molecule has 2 aromatic rings. The second-order valence-electron chi connectivity index (χ2n) is 6.48. The zero-order valence-electron chi connectivity index (χ0n) is 13.1. The van der Waals surface area contributed by atoms with Crippen LogP contribution in [-0.4, -0.2) is 46.1 Å². The Morgan fingerprint density at radius 3 is 2.57 bits per heavy atom. The quantitative estimate of drug-likeness (QED) is 0.847. The summed E-state index contributed by atoms with van der Waals surface area (Å²) in [6.07, 6.45) is 4.12. The predicted octanol–water partition coefficient (Wildman–Crippen LogP) is 2.40. The van der Waals surface area contributed by atoms with Gasteiger partial charge in [0.2, 0.25) is 0 Å². The van der Waals surface area contributed by atoms with E-state index in [0.29, 0.717) is 18.2 Å². The summed E-state index contributed by atoms with van der Waals surface area (Å²) < 4.78 is 19.1. The van der Waals surface area contributed by atoms with E-state index in [4.69, 9.17) is 4.52 Å². The van der Waals surface area contributed by atoms with Gasteiger partial charge in [0.25, 0.3) is 0 Å². The Morgan fingerprint density at radius 2 is 1.87 bits per heavy atom. The molecule has 0 atom stereocenters. The van der Waals surface area contributed by atoms with Crippen molar-refractivity contribution in [3.05, 3.63) is 47.4 Å². The minimum Gasteiger partial charge on any atom is -0.361 e. The van der Waals surface area contributed by atoms with Gasteiger partial charge in [0.15, 0.2) is 0 Å². The lowest BCUT2D eigenvalue weighted by Gasteiger charge is -2.34. The van der Waals surface area contributed by atoms with Crippen LogP contribution in [0.5, 0.6) is 0 Å². The van der Waals surface area contributed by atoms with Crippen LogP contribution in [0.2, 0.25) is 0 Å². The summed E-state index contributed by atoms with van der Waals surface area (Å²) in [7, 11) is 0. The van der Waals surface area contributed by atoms with Crippen LogP contribution >= 0.6 is 0 Å². The normalized spacial score (nSPS) is 20.0. The highest BCUT2D eigenvalue weighted by molar-refractivity contribution is 5.14. The van der Waals surface area contributed by atoms with Crippen molar-refractivity contribution in [3.63, 3.8) is 0 Å². The molecule has 4 rings (SSSR count). The van der Waals surface area contributed by atoms with Crippen molar-refractivity contribution in [1.82, 2.24) is 19.9 Å². The van der Waals surface area contributed by atoms with Gasteiger partial charge in [-0.05, 0) is 25.0 Å². The first kappa shape index (κ1) is 14.8. The van der Waals surface area contributed by atoms with E-state index in [2.05, 4.69) is 26.0 Å². The van der Waals surface area contributed by atoms with Crippen LogP contribution in [0, 0.1) is 5.82 Å². The molecule has 2 aliphatic rings. The van der Waals surface area contributed by atoms with E-state index in [1.807, 2.05) is 0 Å². The predicted molar refractivity (Wildman–Crippen MR) is 83.2 cm³/mol. The highest BCUT2D eigenvalue weighted by atomic mass is 19.1. The molecular weight excluding hydrogens is 295 g/mol. The van der Waals surface area contributed by atoms with Gasteiger partial charge in [-0.15, -0.1) is 0 Å². The Morgan fingerprint density at radius 1 is 1.13 bits per heavy atom. The number of rotatable bonds is 5. The number of piperazine rings is 1. The number of nitrogens with zero attached hydrogens (tertiary/aromatic N) is 4. The Bertz CT molecular complexity index is 662. The third kappa shape index (κ3) is 3.59. The van der Waals surface area contributed by atoms with Crippen molar-refractivity contribution < 1.29 is 8.91 Å². The first-order chi connectivity index (χ1) is 11.3. The van der Waals surface area contributed by atoms with Crippen molar-refractivity contribution in [3.8, 4) is 0 Å². The maximum Gasteiger partial charge on any atom is 0.146 e. The van der Waals surface area contributed by atoms with Crippen LogP contribution in [0.3, 0.4) is 0 Å². The van der Waals surface area contributed by atoms with Crippen molar-refractivity contribution in [1.29, 1.82) is 0 Å². The standard InChI is InChI=1S/C17H21FN4O/c18-15-2-1-5-19-16(15)12-22-8-6-21(7-9-22)11-14-10-17(23-20-14)13-3-4-13/h1-2,5,10,13H,3-4,6-9,11-12H2. The van der Waals surface area contributed by atoms with Gasteiger partial charge in [-0.1, -0.05) is 5.16 Å². The fraction of sp³-hybridized carbons (Fsp3) is 0.529. The molecular formula is C17H21FN4O. The summed E-state index contributed by atoms with van der Waals surface area (Å²) in [5, 5.41) is 4.18. The Labute approximate surface area is 135 Å². The molecule has 2 aromatic heterocycles. The molecule has 3 heterocycles. The topological polar surface area (TPSA) is 45.4 Å². The summed E-state index contributed by atoms with van der Waals surface area (Å²) >= 11 is 0. The minimum absolute atomic E-state index is 0.217. The summed E-state index contributed by atoms with van der Waals surface area (Å²) in [5.41, 5.74) is 1.56. The molecule has 0 unspecified atom stereocenters. The van der Waals surface area contributed by atoms with Crippen LogP contribution in [0.15, 0.2) is 28.9 Å². The summed E-state index contributed by atoms with van der Waals surface area (Å²) in [6, 6.07) is 5.21. The van der Waals surface area contributed by atoms with Gasteiger partial charge < -0.3 is 4.52 Å². The smallest absolute Gasteiger partial charge is 0.146 e. The molecule has 2 fully saturated rings. The first-order valence-electron chi connectivity index (χ1n) is 8.27. The summed E-state index contributed by atoms with van der Waals surface area (Å²) in [5.74, 6) is 1.44. The van der Waals surface area contributed by atoms with Crippen LogP contribution in [-0.2, 0) is 13.1 Å². The molecule has 1 aliphatic carbocycles. The van der Waals surface area contributed by atoms with Crippen molar-refractivity contribution in [2.45, 2.75) is 31.8 Å². The maximum absolute atomic E-state index is 13.7. The maximum atomic E-state index is 13.7. The number of hydrogen-bond acceptors (Lipinski definition) is 5. The molecule has 1 saturated carbocycles. The van der Waals surface area contributed by atoms with E-state index in [0.717, 1.165) is 44.2 Å². The highest BCUT2D eigenvalue weighted by Crippen LogP contribution is 2.40. The fourth-order valence-corrected chi connectivity index (χ4v) is 3.04. The molecule has 122 valence electrons. The Kier molecular flexibility index (Phi) is 4.10. The van der Waals surface area contributed by atoms with Crippen molar-refractivity contribution >= 4 is 0 Å². The van der Waals surface area contributed by atoms with Crippen LogP contribution in [0.1, 0.15) is 35.9 Å². The molecule has 23 heavy (non-hydrogen) atoms. The van der Waals surface area contributed by atoms with E-state index in [9.17, 15) is 4.39 Å². The highest BCUT2D eigenvalue weighted by Gasteiger charge is 2.28. The molecule has 0 amide bonds. The number of aromatic nitrogens is 2.